The molecule has 1 N–H and O–H groups in total. The number of hydrogen-bond acceptors (Lipinski definition) is 6. The zero-order chi connectivity index (χ0) is 23.5. The van der Waals surface area contributed by atoms with Crippen LogP contribution in [0.25, 0.3) is 0 Å². The van der Waals surface area contributed by atoms with E-state index in [0.29, 0.717) is 11.3 Å². The summed E-state index contributed by atoms with van der Waals surface area (Å²) in [6.07, 6.45) is -0.719. The maximum absolute atomic E-state index is 14.4. The maximum atomic E-state index is 14.4. The van der Waals surface area contributed by atoms with E-state index >= 15 is 0 Å². The lowest BCUT2D eigenvalue weighted by atomic mass is 10.1. The zero-order valence-electron chi connectivity index (χ0n) is 18.3. The third kappa shape index (κ3) is 5.59. The van der Waals surface area contributed by atoms with Gasteiger partial charge in [-0.25, -0.2) is 14.0 Å². The molecule has 0 spiro atoms. The van der Waals surface area contributed by atoms with Crippen molar-refractivity contribution >= 4 is 35.4 Å². The molecular formula is C23H25FN2O5S. The fourth-order valence-electron chi connectivity index (χ4n) is 3.16. The number of carbonyl (C=O) groups excluding carboxylic acids is 3. The van der Waals surface area contributed by atoms with Gasteiger partial charge in [0.05, 0.1) is 24.9 Å². The average Bonchev–Trinajstić information content (AvgIpc) is 2.85. The van der Waals surface area contributed by atoms with E-state index < -0.39 is 35.4 Å². The van der Waals surface area contributed by atoms with Crippen molar-refractivity contribution in [3.8, 4) is 0 Å². The van der Waals surface area contributed by atoms with Gasteiger partial charge < -0.3 is 19.7 Å². The number of rotatable bonds is 4. The Bertz CT molecular complexity index is 1040. The van der Waals surface area contributed by atoms with Gasteiger partial charge in [-0.3, -0.25) is 4.79 Å². The lowest BCUT2D eigenvalue weighted by Crippen LogP contribution is -2.50. The number of amides is 2. The van der Waals surface area contributed by atoms with Crippen molar-refractivity contribution in [1.29, 1.82) is 0 Å². The van der Waals surface area contributed by atoms with Gasteiger partial charge >= 0.3 is 12.1 Å². The van der Waals surface area contributed by atoms with Gasteiger partial charge in [0.15, 0.2) is 0 Å². The van der Waals surface area contributed by atoms with Crippen molar-refractivity contribution in [3.63, 3.8) is 0 Å². The molecule has 1 aliphatic heterocycles. The van der Waals surface area contributed by atoms with Crippen LogP contribution < -0.4 is 10.2 Å². The topological polar surface area (TPSA) is 84.9 Å². The fourth-order valence-corrected chi connectivity index (χ4v) is 4.21. The lowest BCUT2D eigenvalue weighted by Gasteiger charge is -2.27. The van der Waals surface area contributed by atoms with E-state index in [0.717, 1.165) is 4.90 Å². The van der Waals surface area contributed by atoms with Crippen LogP contribution in [-0.2, 0) is 20.8 Å². The van der Waals surface area contributed by atoms with Gasteiger partial charge in [-0.2, -0.15) is 0 Å². The zero-order valence-corrected chi connectivity index (χ0v) is 19.1. The highest BCUT2D eigenvalue weighted by atomic mass is 32.2. The summed E-state index contributed by atoms with van der Waals surface area (Å²) in [6.45, 7) is 5.11. The average molecular weight is 461 g/mol. The summed E-state index contributed by atoms with van der Waals surface area (Å²) in [7, 11) is 1.27. The molecule has 2 amide bonds. The smallest absolute Gasteiger partial charge is 0.408 e. The highest BCUT2D eigenvalue weighted by Gasteiger charge is 2.34. The van der Waals surface area contributed by atoms with Crippen LogP contribution in [0.5, 0.6) is 0 Å². The number of nitrogens with one attached hydrogen (secondary N) is 1. The largest absolute Gasteiger partial charge is 0.465 e. The summed E-state index contributed by atoms with van der Waals surface area (Å²) < 4.78 is 24.5. The second kappa shape index (κ2) is 9.60. The fraction of sp³-hybridized carbons (Fsp3) is 0.348. The van der Waals surface area contributed by atoms with Crippen molar-refractivity contribution in [2.75, 3.05) is 17.8 Å². The number of alkyl carbamates (subject to hydrolysis) is 1. The third-order valence-electron chi connectivity index (χ3n) is 4.62. The molecule has 0 radical (unpaired) electrons. The Morgan fingerprint density at radius 1 is 1.22 bits per heavy atom. The predicted molar refractivity (Wildman–Crippen MR) is 119 cm³/mol. The molecule has 0 aromatic heterocycles. The highest BCUT2D eigenvalue weighted by Crippen LogP contribution is 2.36. The second-order valence-electron chi connectivity index (χ2n) is 8.20. The number of thioether (sulfide) groups is 1. The van der Waals surface area contributed by atoms with E-state index in [4.69, 9.17) is 9.47 Å². The number of benzene rings is 2. The van der Waals surface area contributed by atoms with Crippen molar-refractivity contribution in [1.82, 2.24) is 5.32 Å². The number of anilines is 1. The Morgan fingerprint density at radius 3 is 2.59 bits per heavy atom. The van der Waals surface area contributed by atoms with Crippen molar-refractivity contribution in [3.05, 3.63) is 59.4 Å². The molecule has 0 aliphatic carbocycles. The van der Waals surface area contributed by atoms with Gasteiger partial charge in [0.1, 0.15) is 17.5 Å². The first kappa shape index (κ1) is 23.6. The molecular weight excluding hydrogens is 435 g/mol. The Hall–Kier alpha value is -3.07. The van der Waals surface area contributed by atoms with Gasteiger partial charge in [-0.05, 0) is 45.0 Å². The minimum absolute atomic E-state index is 0.0732. The molecule has 3 rings (SSSR count). The van der Waals surface area contributed by atoms with E-state index in [1.807, 2.05) is 0 Å². The van der Waals surface area contributed by atoms with Crippen LogP contribution in [0.15, 0.2) is 47.4 Å². The molecule has 1 atom stereocenters. The van der Waals surface area contributed by atoms with Crippen LogP contribution in [-0.4, -0.2) is 42.5 Å². The van der Waals surface area contributed by atoms with E-state index in [1.54, 1.807) is 57.2 Å². The number of carbonyl (C=O) groups is 3. The molecule has 2 aromatic rings. The van der Waals surface area contributed by atoms with Crippen LogP contribution in [0.1, 0.15) is 36.7 Å². The number of methoxy groups -OCH3 is 1. The van der Waals surface area contributed by atoms with Gasteiger partial charge in [0.25, 0.3) is 5.91 Å². The van der Waals surface area contributed by atoms with Crippen LogP contribution in [0.4, 0.5) is 14.9 Å². The summed E-state index contributed by atoms with van der Waals surface area (Å²) in [5, 5.41) is 2.62. The molecule has 32 heavy (non-hydrogen) atoms. The molecule has 1 heterocycles. The summed E-state index contributed by atoms with van der Waals surface area (Å²) in [4.78, 5) is 40.0. The quantitative estimate of drug-likeness (QED) is 0.691. The van der Waals surface area contributed by atoms with E-state index in [9.17, 15) is 18.8 Å². The Labute approximate surface area is 190 Å². The molecule has 0 unspecified atom stereocenters. The Kier molecular flexibility index (Phi) is 7.08. The van der Waals surface area contributed by atoms with Crippen molar-refractivity contribution in [2.24, 2.45) is 0 Å². The maximum Gasteiger partial charge on any atom is 0.408 e. The van der Waals surface area contributed by atoms with Gasteiger partial charge in [0, 0.05) is 16.2 Å². The SMILES string of the molecule is COC(=O)c1ccc2c(c1)N(Cc1ccccc1F)C(=O)[C@@H](NC(=O)OC(C)(C)C)CS2. The monoisotopic (exact) mass is 460 g/mol. The number of halogens is 1. The molecule has 2 aromatic carbocycles. The molecule has 7 nitrogen and oxygen atoms in total. The van der Waals surface area contributed by atoms with Gasteiger partial charge in [0.2, 0.25) is 0 Å². The molecule has 1 aliphatic rings. The van der Waals surface area contributed by atoms with Gasteiger partial charge in [-0.1, -0.05) is 18.2 Å². The summed E-state index contributed by atoms with van der Waals surface area (Å²) in [5.74, 6) is -1.20. The first-order valence-electron chi connectivity index (χ1n) is 9.98. The summed E-state index contributed by atoms with van der Waals surface area (Å²) in [5.41, 5.74) is 0.283. The normalized spacial score (nSPS) is 16.1. The van der Waals surface area contributed by atoms with E-state index in [2.05, 4.69) is 5.32 Å². The van der Waals surface area contributed by atoms with Crippen LogP contribution in [0, 0.1) is 5.82 Å². The number of ether oxygens (including phenoxy) is 2. The second-order valence-corrected chi connectivity index (χ2v) is 9.26. The number of fused-ring (bicyclic) bond motifs is 1. The first-order valence-corrected chi connectivity index (χ1v) is 11.0. The van der Waals surface area contributed by atoms with Gasteiger partial charge in [-0.15, -0.1) is 11.8 Å². The third-order valence-corrected chi connectivity index (χ3v) is 5.77. The Balaban J connectivity index is 1.99. The molecule has 0 saturated heterocycles. The standard InChI is InChI=1S/C23H25FN2O5S/c1-23(2,3)31-22(29)25-17-13-32-19-10-9-14(21(28)30-4)11-18(19)26(20(17)27)12-15-7-5-6-8-16(15)24/h5-11,17H,12-13H2,1-4H3,(H,25,29)/t17-/m0/s1. The van der Waals surface area contributed by atoms with Crippen molar-refractivity contribution in [2.45, 2.75) is 43.9 Å². The van der Waals surface area contributed by atoms with Crippen molar-refractivity contribution < 1.29 is 28.2 Å². The minimum atomic E-state index is -0.907. The van der Waals surface area contributed by atoms with Crippen LogP contribution in [0.3, 0.4) is 0 Å². The molecule has 0 saturated carbocycles. The molecule has 0 fully saturated rings. The van der Waals surface area contributed by atoms with Crippen LogP contribution >= 0.6 is 11.8 Å². The number of hydrogen-bond donors (Lipinski definition) is 1. The van der Waals surface area contributed by atoms with E-state index in [-0.39, 0.29) is 17.9 Å². The van der Waals surface area contributed by atoms with E-state index in [1.165, 1.54) is 29.8 Å². The number of nitrogens with zero attached hydrogens (tertiary/aromatic N) is 1. The summed E-state index contributed by atoms with van der Waals surface area (Å²) >= 11 is 1.35. The van der Waals surface area contributed by atoms with Crippen LogP contribution in [0.2, 0.25) is 0 Å². The minimum Gasteiger partial charge on any atom is -0.465 e. The highest BCUT2D eigenvalue weighted by molar-refractivity contribution is 7.99. The number of esters is 1. The molecule has 9 heteroatoms. The molecule has 0 bridgehead atoms. The lowest BCUT2D eigenvalue weighted by molar-refractivity contribution is -0.120. The Morgan fingerprint density at radius 2 is 1.94 bits per heavy atom. The first-order chi connectivity index (χ1) is 15.1. The predicted octanol–water partition coefficient (Wildman–Crippen LogP) is 4.14. The summed E-state index contributed by atoms with van der Waals surface area (Å²) in [6, 6.07) is 10.1. The molecule has 170 valence electrons.